The molecule has 0 amide bonds. The minimum Gasteiger partial charge on any atom is -0.117 e. The molecule has 0 bridgehead atoms. The van der Waals surface area contributed by atoms with Crippen molar-refractivity contribution < 1.29 is 0 Å². The van der Waals surface area contributed by atoms with Gasteiger partial charge in [0, 0.05) is 4.47 Å². The minimum absolute atomic E-state index is 0.0439. The summed E-state index contributed by atoms with van der Waals surface area (Å²) in [4.78, 5) is 0. The summed E-state index contributed by atoms with van der Waals surface area (Å²) in [7, 11) is 0. The lowest BCUT2D eigenvalue weighted by molar-refractivity contribution is 0.919. The van der Waals surface area contributed by atoms with E-state index in [2.05, 4.69) is 40.2 Å². The van der Waals surface area contributed by atoms with Gasteiger partial charge < -0.3 is 0 Å². The molecule has 16 heavy (non-hydrogen) atoms. The van der Waals surface area contributed by atoms with Gasteiger partial charge in [0.1, 0.15) is 0 Å². The number of alkyl halides is 1. The topological polar surface area (TPSA) is 0 Å². The Morgan fingerprint density at radius 3 is 2.19 bits per heavy atom. The van der Waals surface area contributed by atoms with Crippen molar-refractivity contribution in [1.82, 2.24) is 0 Å². The second-order valence-corrected chi connectivity index (χ2v) is 5.15. The van der Waals surface area contributed by atoms with Gasteiger partial charge in [-0.3, -0.25) is 0 Å². The number of rotatable bonds is 3. The lowest BCUT2D eigenvalue weighted by atomic mass is 10.0. The van der Waals surface area contributed by atoms with Crippen molar-refractivity contribution in [3.63, 3.8) is 0 Å². The van der Waals surface area contributed by atoms with Crippen LogP contribution in [0.15, 0.2) is 59.1 Å². The molecule has 0 aromatic heterocycles. The maximum Gasteiger partial charge on any atom is 0.0625 e. The Hall–Kier alpha value is -0.790. The van der Waals surface area contributed by atoms with Gasteiger partial charge in [-0.2, -0.15) is 0 Å². The minimum atomic E-state index is 0.0439. The SMILES string of the molecule is ClC(Cc1ccc(Br)cc1)c1ccccc1. The van der Waals surface area contributed by atoms with Crippen molar-refractivity contribution >= 4 is 27.5 Å². The summed E-state index contributed by atoms with van der Waals surface area (Å²) < 4.78 is 1.10. The highest BCUT2D eigenvalue weighted by molar-refractivity contribution is 9.10. The molecule has 0 N–H and O–H groups in total. The van der Waals surface area contributed by atoms with Crippen LogP contribution in [0.4, 0.5) is 0 Å². The Labute approximate surface area is 109 Å². The van der Waals surface area contributed by atoms with Crippen molar-refractivity contribution in [2.45, 2.75) is 11.8 Å². The average molecular weight is 296 g/mol. The summed E-state index contributed by atoms with van der Waals surface area (Å²) in [6.07, 6.45) is 0.860. The van der Waals surface area contributed by atoms with Crippen LogP contribution in [-0.2, 0) is 6.42 Å². The van der Waals surface area contributed by atoms with Gasteiger partial charge >= 0.3 is 0 Å². The van der Waals surface area contributed by atoms with E-state index in [4.69, 9.17) is 11.6 Å². The van der Waals surface area contributed by atoms with Gasteiger partial charge in [-0.25, -0.2) is 0 Å². The van der Waals surface area contributed by atoms with Gasteiger partial charge in [-0.1, -0.05) is 58.4 Å². The molecule has 0 aliphatic carbocycles. The summed E-state index contributed by atoms with van der Waals surface area (Å²) in [6, 6.07) is 18.5. The average Bonchev–Trinajstić information content (AvgIpc) is 2.33. The molecular weight excluding hydrogens is 284 g/mol. The molecule has 0 aliphatic heterocycles. The Morgan fingerprint density at radius 1 is 0.938 bits per heavy atom. The van der Waals surface area contributed by atoms with Crippen LogP contribution in [0.3, 0.4) is 0 Å². The molecule has 0 spiro atoms. The van der Waals surface area contributed by atoms with E-state index >= 15 is 0 Å². The molecule has 0 heterocycles. The van der Waals surface area contributed by atoms with Crippen molar-refractivity contribution in [1.29, 1.82) is 0 Å². The smallest absolute Gasteiger partial charge is 0.0625 e. The van der Waals surface area contributed by atoms with Gasteiger partial charge in [0.25, 0.3) is 0 Å². The van der Waals surface area contributed by atoms with E-state index in [1.807, 2.05) is 30.3 Å². The van der Waals surface area contributed by atoms with Gasteiger partial charge in [0.05, 0.1) is 5.38 Å². The summed E-state index contributed by atoms with van der Waals surface area (Å²) >= 11 is 9.79. The third-order valence-electron chi connectivity index (χ3n) is 2.49. The lowest BCUT2D eigenvalue weighted by Gasteiger charge is -2.09. The standard InChI is InChI=1S/C14H12BrCl/c15-13-8-6-11(7-9-13)10-14(16)12-4-2-1-3-5-12/h1-9,14H,10H2. The van der Waals surface area contributed by atoms with Crippen LogP contribution in [0.1, 0.15) is 16.5 Å². The second-order valence-electron chi connectivity index (χ2n) is 3.71. The molecule has 0 nitrogen and oxygen atoms in total. The fraction of sp³-hybridized carbons (Fsp3) is 0.143. The molecule has 0 radical (unpaired) electrons. The van der Waals surface area contributed by atoms with E-state index in [0.29, 0.717) is 0 Å². The third kappa shape index (κ3) is 3.10. The van der Waals surface area contributed by atoms with Crippen LogP contribution in [0.25, 0.3) is 0 Å². The molecule has 82 valence electrons. The highest BCUT2D eigenvalue weighted by atomic mass is 79.9. The normalized spacial score (nSPS) is 12.4. The van der Waals surface area contributed by atoms with Gasteiger partial charge in [-0.15, -0.1) is 11.6 Å². The van der Waals surface area contributed by atoms with Gasteiger partial charge in [-0.05, 0) is 29.7 Å². The maximum absolute atomic E-state index is 6.37. The number of benzene rings is 2. The molecule has 0 fully saturated rings. The first kappa shape index (κ1) is 11.7. The highest BCUT2D eigenvalue weighted by Gasteiger charge is 2.07. The Morgan fingerprint density at radius 2 is 1.56 bits per heavy atom. The van der Waals surface area contributed by atoms with Gasteiger partial charge in [0.2, 0.25) is 0 Å². The first-order valence-electron chi connectivity index (χ1n) is 5.19. The summed E-state index contributed by atoms with van der Waals surface area (Å²) in [5.41, 5.74) is 2.43. The zero-order valence-electron chi connectivity index (χ0n) is 8.74. The zero-order chi connectivity index (χ0) is 11.4. The van der Waals surface area contributed by atoms with Crippen LogP contribution in [-0.4, -0.2) is 0 Å². The van der Waals surface area contributed by atoms with Gasteiger partial charge in [0.15, 0.2) is 0 Å². The van der Waals surface area contributed by atoms with E-state index in [1.54, 1.807) is 0 Å². The number of hydrogen-bond donors (Lipinski definition) is 0. The Bertz CT molecular complexity index is 436. The molecule has 2 aromatic rings. The Balaban J connectivity index is 2.08. The first-order chi connectivity index (χ1) is 7.75. The van der Waals surface area contributed by atoms with Crippen molar-refractivity contribution in [2.75, 3.05) is 0 Å². The van der Waals surface area contributed by atoms with E-state index in [0.717, 1.165) is 10.9 Å². The third-order valence-corrected chi connectivity index (χ3v) is 3.42. The number of halogens is 2. The fourth-order valence-corrected chi connectivity index (χ4v) is 2.20. The summed E-state index contributed by atoms with van der Waals surface area (Å²) in [5.74, 6) is 0. The monoisotopic (exact) mass is 294 g/mol. The number of hydrogen-bond acceptors (Lipinski definition) is 0. The molecule has 2 aromatic carbocycles. The largest absolute Gasteiger partial charge is 0.117 e. The molecule has 2 heteroatoms. The van der Waals surface area contributed by atoms with Crippen LogP contribution < -0.4 is 0 Å². The van der Waals surface area contributed by atoms with Crippen LogP contribution in [0, 0.1) is 0 Å². The molecule has 2 rings (SSSR count). The molecule has 1 unspecified atom stereocenters. The highest BCUT2D eigenvalue weighted by Crippen LogP contribution is 2.25. The van der Waals surface area contributed by atoms with Crippen LogP contribution in [0.5, 0.6) is 0 Å². The quantitative estimate of drug-likeness (QED) is 0.701. The van der Waals surface area contributed by atoms with Crippen molar-refractivity contribution in [3.8, 4) is 0 Å². The van der Waals surface area contributed by atoms with E-state index < -0.39 is 0 Å². The molecule has 0 aliphatic rings. The van der Waals surface area contributed by atoms with E-state index in [9.17, 15) is 0 Å². The van der Waals surface area contributed by atoms with E-state index in [1.165, 1.54) is 11.1 Å². The predicted molar refractivity (Wildman–Crippen MR) is 72.9 cm³/mol. The second kappa shape index (κ2) is 5.51. The molecular formula is C14H12BrCl. The predicted octanol–water partition coefficient (Wildman–Crippen LogP) is 4.97. The zero-order valence-corrected chi connectivity index (χ0v) is 11.1. The fourth-order valence-electron chi connectivity index (χ4n) is 1.61. The Kier molecular flexibility index (Phi) is 4.03. The van der Waals surface area contributed by atoms with Crippen LogP contribution >= 0.6 is 27.5 Å². The van der Waals surface area contributed by atoms with Crippen LogP contribution in [0.2, 0.25) is 0 Å². The lowest BCUT2D eigenvalue weighted by Crippen LogP contribution is -1.95. The van der Waals surface area contributed by atoms with Crippen molar-refractivity contribution in [2.24, 2.45) is 0 Å². The molecule has 0 saturated carbocycles. The molecule has 0 saturated heterocycles. The summed E-state index contributed by atoms with van der Waals surface area (Å²) in [5, 5.41) is 0.0439. The summed E-state index contributed by atoms with van der Waals surface area (Å²) in [6.45, 7) is 0. The molecule has 1 atom stereocenters. The van der Waals surface area contributed by atoms with Crippen molar-refractivity contribution in [3.05, 3.63) is 70.2 Å². The maximum atomic E-state index is 6.37. The van der Waals surface area contributed by atoms with E-state index in [-0.39, 0.29) is 5.38 Å². The first-order valence-corrected chi connectivity index (χ1v) is 6.42.